The summed E-state index contributed by atoms with van der Waals surface area (Å²) in [5, 5.41) is 11.9. The molecule has 12 heteroatoms. The number of hydrogen-bond acceptors (Lipinski definition) is 9. The van der Waals surface area contributed by atoms with E-state index in [4.69, 9.17) is 19.9 Å². The summed E-state index contributed by atoms with van der Waals surface area (Å²) < 4.78 is 16.4. The molecule has 0 aliphatic carbocycles. The number of nitrogen functional groups attached to an aromatic ring is 1. The lowest BCUT2D eigenvalue weighted by molar-refractivity contribution is -0.383. The van der Waals surface area contributed by atoms with Gasteiger partial charge in [0.05, 0.1) is 24.7 Å². The largest absolute Gasteiger partial charge is 0.477 e. The first-order valence-corrected chi connectivity index (χ1v) is 11.8. The number of benzene rings is 1. The predicted octanol–water partition coefficient (Wildman–Crippen LogP) is 4.82. The van der Waals surface area contributed by atoms with Crippen LogP contribution in [0, 0.1) is 10.1 Å². The molecule has 0 unspecified atom stereocenters. The summed E-state index contributed by atoms with van der Waals surface area (Å²) in [6, 6.07) is 8.19. The van der Waals surface area contributed by atoms with E-state index in [0.717, 1.165) is 4.90 Å². The van der Waals surface area contributed by atoms with E-state index >= 15 is 0 Å². The SMILES string of the molecule is CCOC(=O)N1Cc2cccc(c2)N(C(=O)OC(C)(C)C)C/C=C/CCOc2cc1c([N+](=O)[O-])c(N)n2. The molecular formula is C25H31N5O7. The van der Waals surface area contributed by atoms with Crippen molar-refractivity contribution < 1.29 is 28.7 Å². The zero-order valence-electron chi connectivity index (χ0n) is 21.3. The summed E-state index contributed by atoms with van der Waals surface area (Å²) in [5.41, 5.74) is 5.64. The van der Waals surface area contributed by atoms with Crippen molar-refractivity contribution in [2.45, 2.75) is 46.3 Å². The van der Waals surface area contributed by atoms with Gasteiger partial charge < -0.3 is 19.9 Å². The number of amides is 2. The summed E-state index contributed by atoms with van der Waals surface area (Å²) in [5.74, 6) is -0.365. The highest BCUT2D eigenvalue weighted by molar-refractivity contribution is 5.93. The predicted molar refractivity (Wildman–Crippen MR) is 138 cm³/mol. The Morgan fingerprint density at radius 1 is 1.19 bits per heavy atom. The van der Waals surface area contributed by atoms with Crippen molar-refractivity contribution in [3.63, 3.8) is 0 Å². The molecule has 0 radical (unpaired) electrons. The molecule has 2 aromatic rings. The number of ether oxygens (including phenoxy) is 3. The van der Waals surface area contributed by atoms with Gasteiger partial charge in [-0.15, -0.1) is 0 Å². The molecule has 0 spiro atoms. The molecule has 4 bridgehead atoms. The number of pyridine rings is 1. The number of rotatable bonds is 2. The van der Waals surface area contributed by atoms with Gasteiger partial charge in [0.2, 0.25) is 11.7 Å². The van der Waals surface area contributed by atoms with Crippen LogP contribution >= 0.6 is 0 Å². The van der Waals surface area contributed by atoms with Crippen molar-refractivity contribution in [3.8, 4) is 5.88 Å². The molecule has 0 saturated carbocycles. The Kier molecular flexibility index (Phi) is 8.53. The molecule has 37 heavy (non-hydrogen) atoms. The minimum absolute atomic E-state index is 0.0276. The van der Waals surface area contributed by atoms with Gasteiger partial charge in [0.1, 0.15) is 11.3 Å². The van der Waals surface area contributed by atoms with Crippen LogP contribution in [0.25, 0.3) is 0 Å². The van der Waals surface area contributed by atoms with E-state index in [9.17, 15) is 19.7 Å². The second-order valence-corrected chi connectivity index (χ2v) is 9.13. The van der Waals surface area contributed by atoms with Crippen LogP contribution < -0.4 is 20.3 Å². The molecule has 12 nitrogen and oxygen atoms in total. The maximum Gasteiger partial charge on any atom is 0.415 e. The van der Waals surface area contributed by atoms with Crippen LogP contribution in [0.3, 0.4) is 0 Å². The lowest BCUT2D eigenvalue weighted by Crippen LogP contribution is -2.37. The number of fused-ring (bicyclic) bond motifs is 4. The first-order chi connectivity index (χ1) is 17.5. The van der Waals surface area contributed by atoms with Crippen molar-refractivity contribution in [1.82, 2.24) is 4.98 Å². The fourth-order valence-electron chi connectivity index (χ4n) is 3.57. The summed E-state index contributed by atoms with van der Waals surface area (Å²) in [4.78, 5) is 43.7. The van der Waals surface area contributed by atoms with E-state index in [0.29, 0.717) is 17.7 Å². The lowest BCUT2D eigenvalue weighted by Gasteiger charge is -2.27. The highest BCUT2D eigenvalue weighted by Crippen LogP contribution is 2.37. The van der Waals surface area contributed by atoms with Crippen molar-refractivity contribution in [3.05, 3.63) is 58.2 Å². The number of nitrogens with two attached hydrogens (primary N) is 1. The third-order valence-electron chi connectivity index (χ3n) is 5.10. The minimum atomic E-state index is -0.817. The van der Waals surface area contributed by atoms with E-state index in [2.05, 4.69) is 4.98 Å². The van der Waals surface area contributed by atoms with Crippen LogP contribution in [-0.2, 0) is 16.0 Å². The molecule has 2 heterocycles. The second-order valence-electron chi connectivity index (χ2n) is 9.13. The average molecular weight is 514 g/mol. The smallest absolute Gasteiger partial charge is 0.415 e. The zero-order valence-corrected chi connectivity index (χ0v) is 21.3. The Labute approximate surface area is 214 Å². The molecule has 2 amide bonds. The summed E-state index contributed by atoms with van der Waals surface area (Å²) >= 11 is 0. The van der Waals surface area contributed by atoms with Gasteiger partial charge in [0.25, 0.3) is 0 Å². The Balaban J connectivity index is 2.14. The van der Waals surface area contributed by atoms with Gasteiger partial charge in [-0.2, -0.15) is 4.98 Å². The first kappa shape index (κ1) is 27.2. The maximum atomic E-state index is 13.0. The molecule has 1 aromatic carbocycles. The van der Waals surface area contributed by atoms with Gasteiger partial charge in [-0.25, -0.2) is 9.59 Å². The molecular weight excluding hydrogens is 482 g/mol. The fourth-order valence-corrected chi connectivity index (χ4v) is 3.57. The lowest BCUT2D eigenvalue weighted by atomic mass is 10.1. The summed E-state index contributed by atoms with van der Waals surface area (Å²) in [6.45, 7) is 7.30. The van der Waals surface area contributed by atoms with Crippen LogP contribution in [0.15, 0.2) is 42.5 Å². The van der Waals surface area contributed by atoms with Crippen LogP contribution in [0.2, 0.25) is 0 Å². The highest BCUT2D eigenvalue weighted by Gasteiger charge is 2.31. The molecule has 198 valence electrons. The number of nitro groups is 1. The molecule has 1 aliphatic heterocycles. The van der Waals surface area contributed by atoms with Crippen molar-refractivity contribution in [1.29, 1.82) is 0 Å². The Morgan fingerprint density at radius 2 is 1.95 bits per heavy atom. The van der Waals surface area contributed by atoms with Gasteiger partial charge in [-0.05, 0) is 51.8 Å². The number of carbonyl (C=O) groups excluding carboxylic acids is 2. The number of carbonyl (C=O) groups is 2. The monoisotopic (exact) mass is 513 g/mol. The third-order valence-corrected chi connectivity index (χ3v) is 5.10. The van der Waals surface area contributed by atoms with E-state index in [1.807, 2.05) is 12.2 Å². The van der Waals surface area contributed by atoms with Crippen LogP contribution in [-0.4, -0.2) is 47.5 Å². The van der Waals surface area contributed by atoms with Gasteiger partial charge in [-0.3, -0.25) is 19.9 Å². The number of hydrogen-bond donors (Lipinski definition) is 1. The zero-order chi connectivity index (χ0) is 27.2. The van der Waals surface area contributed by atoms with Crippen LogP contribution in [0.5, 0.6) is 5.88 Å². The maximum absolute atomic E-state index is 13.0. The standard InChI is InChI=1S/C25H31N5O7/c1-5-35-23(31)29-16-17-10-9-11-18(14-17)28(24(32)37-25(2,3)4)12-7-6-8-13-36-20-15-19(29)21(30(33)34)22(26)27-20/h6-7,9-11,14-15H,5,8,12-13,16H2,1-4H3,(H2,26,27)/b7-6+. The molecule has 3 rings (SSSR count). The Morgan fingerprint density at radius 3 is 2.62 bits per heavy atom. The Bertz CT molecular complexity index is 1190. The van der Waals surface area contributed by atoms with Crippen molar-refractivity contribution in [2.24, 2.45) is 0 Å². The number of nitrogens with zero attached hydrogens (tertiary/aromatic N) is 4. The quantitative estimate of drug-likeness (QED) is 0.339. The molecule has 2 N–H and O–H groups in total. The van der Waals surface area contributed by atoms with Crippen molar-refractivity contribution >= 4 is 35.1 Å². The Hall–Kier alpha value is -4.35. The fraction of sp³-hybridized carbons (Fsp3) is 0.400. The van der Waals surface area contributed by atoms with Gasteiger partial charge >= 0.3 is 17.9 Å². The van der Waals surface area contributed by atoms with E-state index in [-0.39, 0.29) is 37.9 Å². The van der Waals surface area contributed by atoms with Crippen LogP contribution in [0.1, 0.15) is 39.7 Å². The topological polar surface area (TPSA) is 150 Å². The van der Waals surface area contributed by atoms with Crippen LogP contribution in [0.4, 0.5) is 32.5 Å². The molecule has 1 aromatic heterocycles. The molecule has 1 aliphatic rings. The first-order valence-electron chi connectivity index (χ1n) is 11.8. The molecule has 0 atom stereocenters. The number of anilines is 3. The van der Waals surface area contributed by atoms with E-state index in [1.165, 1.54) is 11.0 Å². The second kappa shape index (κ2) is 11.6. The highest BCUT2D eigenvalue weighted by atomic mass is 16.6. The van der Waals surface area contributed by atoms with E-state index in [1.54, 1.807) is 52.0 Å². The summed E-state index contributed by atoms with van der Waals surface area (Å²) in [6.07, 6.45) is 2.74. The number of aromatic nitrogens is 1. The van der Waals surface area contributed by atoms with Gasteiger partial charge in [0.15, 0.2) is 0 Å². The third kappa shape index (κ3) is 7.09. The summed E-state index contributed by atoms with van der Waals surface area (Å²) in [7, 11) is 0. The van der Waals surface area contributed by atoms with Gasteiger partial charge in [-0.1, -0.05) is 24.3 Å². The normalized spacial score (nSPS) is 15.0. The minimum Gasteiger partial charge on any atom is -0.477 e. The van der Waals surface area contributed by atoms with Crippen molar-refractivity contribution in [2.75, 3.05) is 35.3 Å². The average Bonchev–Trinajstić information content (AvgIpc) is 2.80. The van der Waals surface area contributed by atoms with Gasteiger partial charge in [0, 0.05) is 18.3 Å². The molecule has 0 fully saturated rings. The molecule has 0 saturated heterocycles. The van der Waals surface area contributed by atoms with E-state index < -0.39 is 34.2 Å².